The van der Waals surface area contributed by atoms with Crippen molar-refractivity contribution in [3.63, 3.8) is 0 Å². The molecular formula is C23H27N5O3. The molecule has 8 heteroatoms. The first-order valence-electron chi connectivity index (χ1n) is 10.6. The highest BCUT2D eigenvalue weighted by Gasteiger charge is 2.27. The van der Waals surface area contributed by atoms with Crippen molar-refractivity contribution < 1.29 is 9.21 Å². The van der Waals surface area contributed by atoms with Gasteiger partial charge in [-0.3, -0.25) is 24.5 Å². The maximum atomic E-state index is 13.1. The lowest BCUT2D eigenvalue weighted by Crippen LogP contribution is -2.39. The summed E-state index contributed by atoms with van der Waals surface area (Å²) in [6.45, 7) is 6.21. The molecule has 1 amide bonds. The van der Waals surface area contributed by atoms with Crippen LogP contribution in [0.2, 0.25) is 0 Å². The Morgan fingerprint density at radius 2 is 2.00 bits per heavy atom. The first-order valence-corrected chi connectivity index (χ1v) is 10.6. The van der Waals surface area contributed by atoms with E-state index in [-0.39, 0.29) is 29.6 Å². The minimum Gasteiger partial charge on any atom is -0.468 e. The largest absolute Gasteiger partial charge is 0.468 e. The van der Waals surface area contributed by atoms with E-state index in [9.17, 15) is 9.59 Å². The van der Waals surface area contributed by atoms with Crippen molar-refractivity contribution in [3.8, 4) is 0 Å². The Morgan fingerprint density at radius 1 is 1.19 bits per heavy atom. The zero-order chi connectivity index (χ0) is 21.8. The average molecular weight is 422 g/mol. The smallest absolute Gasteiger partial charge is 0.264 e. The predicted molar refractivity (Wildman–Crippen MR) is 116 cm³/mol. The molecule has 162 valence electrons. The van der Waals surface area contributed by atoms with E-state index in [1.54, 1.807) is 37.8 Å². The minimum absolute atomic E-state index is 0.0458. The summed E-state index contributed by atoms with van der Waals surface area (Å²) in [6.07, 6.45) is 8.91. The van der Waals surface area contributed by atoms with E-state index >= 15 is 0 Å². The average Bonchev–Trinajstić information content (AvgIpc) is 3.47. The topological polar surface area (TPSA) is 93.3 Å². The zero-order valence-corrected chi connectivity index (χ0v) is 17.9. The second-order valence-electron chi connectivity index (χ2n) is 7.94. The van der Waals surface area contributed by atoms with Gasteiger partial charge in [0.25, 0.3) is 11.5 Å². The molecule has 0 aliphatic carbocycles. The van der Waals surface area contributed by atoms with Crippen LogP contribution in [0, 0.1) is 13.8 Å². The van der Waals surface area contributed by atoms with Gasteiger partial charge < -0.3 is 14.3 Å². The molecule has 0 spiro atoms. The third kappa shape index (κ3) is 4.74. The Hall–Kier alpha value is -3.26. The molecule has 1 aliphatic heterocycles. The number of nitrogens with zero attached hydrogens (tertiary/aromatic N) is 4. The van der Waals surface area contributed by atoms with Crippen LogP contribution < -0.4 is 10.9 Å². The number of likely N-dealkylation sites (tertiary alicyclic amines) is 1. The first-order chi connectivity index (χ1) is 15.0. The Balaban J connectivity index is 1.52. The van der Waals surface area contributed by atoms with Crippen molar-refractivity contribution >= 4 is 5.91 Å². The van der Waals surface area contributed by atoms with E-state index in [2.05, 4.69) is 20.2 Å². The highest BCUT2D eigenvalue weighted by Crippen LogP contribution is 2.25. The van der Waals surface area contributed by atoms with Crippen molar-refractivity contribution in [2.75, 3.05) is 19.6 Å². The molecule has 4 rings (SSSR count). The summed E-state index contributed by atoms with van der Waals surface area (Å²) in [5.74, 6) is 0.449. The molecule has 1 unspecified atom stereocenters. The molecule has 1 saturated heterocycles. The fourth-order valence-corrected chi connectivity index (χ4v) is 3.96. The third-order valence-corrected chi connectivity index (χ3v) is 5.68. The van der Waals surface area contributed by atoms with Crippen LogP contribution >= 0.6 is 0 Å². The summed E-state index contributed by atoms with van der Waals surface area (Å²) in [7, 11) is 0. The van der Waals surface area contributed by atoms with Gasteiger partial charge in [0.15, 0.2) is 0 Å². The lowest BCUT2D eigenvalue weighted by Gasteiger charge is -2.26. The van der Waals surface area contributed by atoms with Gasteiger partial charge in [-0.25, -0.2) is 0 Å². The summed E-state index contributed by atoms with van der Waals surface area (Å²) >= 11 is 0. The Kier molecular flexibility index (Phi) is 6.27. The number of aromatic nitrogens is 3. The van der Waals surface area contributed by atoms with E-state index in [1.807, 2.05) is 19.1 Å². The molecule has 4 heterocycles. The van der Waals surface area contributed by atoms with Gasteiger partial charge in [0.2, 0.25) is 0 Å². The molecule has 1 fully saturated rings. The highest BCUT2D eigenvalue weighted by atomic mass is 16.3. The molecule has 0 bridgehead atoms. The standard InChI is InChI=1S/C23H27N5O3/c1-16-7-10-28(15-18-13-24-17(2)12-25-18)23(30)21(16)22(29)26-14-19(20-6-5-11-31-20)27-8-3-4-9-27/h5-7,10-13,19H,3-4,8-9,14-15H2,1-2H3,(H,26,29). The molecule has 0 aromatic carbocycles. The zero-order valence-electron chi connectivity index (χ0n) is 17.9. The van der Waals surface area contributed by atoms with Crippen LogP contribution in [0.3, 0.4) is 0 Å². The van der Waals surface area contributed by atoms with Gasteiger partial charge in [-0.2, -0.15) is 0 Å². The summed E-state index contributed by atoms with van der Waals surface area (Å²) < 4.78 is 7.11. The maximum Gasteiger partial charge on any atom is 0.264 e. The number of nitrogens with one attached hydrogen (secondary N) is 1. The fourth-order valence-electron chi connectivity index (χ4n) is 3.96. The lowest BCUT2D eigenvalue weighted by molar-refractivity contribution is 0.0931. The second-order valence-corrected chi connectivity index (χ2v) is 7.94. The molecule has 0 saturated carbocycles. The maximum absolute atomic E-state index is 13.1. The van der Waals surface area contributed by atoms with Crippen LogP contribution in [-0.4, -0.2) is 45.0 Å². The van der Waals surface area contributed by atoms with Gasteiger partial charge in [0.05, 0.1) is 36.4 Å². The number of hydrogen-bond donors (Lipinski definition) is 1. The normalized spacial score (nSPS) is 15.2. The van der Waals surface area contributed by atoms with Gasteiger partial charge in [-0.05, 0) is 63.5 Å². The number of carbonyl (C=O) groups is 1. The third-order valence-electron chi connectivity index (χ3n) is 5.68. The molecule has 3 aromatic heterocycles. The molecule has 8 nitrogen and oxygen atoms in total. The van der Waals surface area contributed by atoms with Crippen molar-refractivity contribution in [3.05, 3.63) is 81.7 Å². The fraction of sp³-hybridized carbons (Fsp3) is 0.391. The lowest BCUT2D eigenvalue weighted by atomic mass is 10.1. The van der Waals surface area contributed by atoms with Crippen molar-refractivity contribution in [1.29, 1.82) is 0 Å². The van der Waals surface area contributed by atoms with Crippen LogP contribution in [0.15, 0.2) is 52.3 Å². The van der Waals surface area contributed by atoms with Gasteiger partial charge in [0, 0.05) is 18.9 Å². The van der Waals surface area contributed by atoms with E-state index in [0.717, 1.165) is 37.4 Å². The van der Waals surface area contributed by atoms with Crippen LogP contribution in [0.4, 0.5) is 0 Å². The van der Waals surface area contributed by atoms with Crippen molar-refractivity contribution in [1.82, 2.24) is 24.8 Å². The van der Waals surface area contributed by atoms with Gasteiger partial charge in [-0.15, -0.1) is 0 Å². The summed E-state index contributed by atoms with van der Waals surface area (Å²) in [5, 5.41) is 2.96. The van der Waals surface area contributed by atoms with Gasteiger partial charge in [-0.1, -0.05) is 0 Å². The molecule has 3 aromatic rings. The van der Waals surface area contributed by atoms with Crippen LogP contribution in [0.5, 0.6) is 0 Å². The number of furan rings is 1. The second kappa shape index (κ2) is 9.26. The number of rotatable bonds is 7. The molecule has 1 N–H and O–H groups in total. The summed E-state index contributed by atoms with van der Waals surface area (Å²) in [4.78, 5) is 36.9. The first kappa shape index (κ1) is 21.0. The van der Waals surface area contributed by atoms with E-state index in [4.69, 9.17) is 4.42 Å². The molecule has 0 radical (unpaired) electrons. The monoisotopic (exact) mass is 421 g/mol. The summed E-state index contributed by atoms with van der Waals surface area (Å²) in [5.41, 5.74) is 1.93. The quantitative estimate of drug-likeness (QED) is 0.630. The van der Waals surface area contributed by atoms with Crippen LogP contribution in [0.1, 0.15) is 52.0 Å². The minimum atomic E-state index is -0.373. The van der Waals surface area contributed by atoms with E-state index in [1.165, 1.54) is 4.57 Å². The van der Waals surface area contributed by atoms with Crippen molar-refractivity contribution in [2.24, 2.45) is 0 Å². The van der Waals surface area contributed by atoms with Gasteiger partial charge >= 0.3 is 0 Å². The molecule has 1 atom stereocenters. The number of amides is 1. The van der Waals surface area contributed by atoms with Crippen LogP contribution in [0.25, 0.3) is 0 Å². The Labute approximate surface area is 180 Å². The Bertz CT molecular complexity index is 1080. The number of hydrogen-bond acceptors (Lipinski definition) is 6. The van der Waals surface area contributed by atoms with Crippen molar-refractivity contribution in [2.45, 2.75) is 39.3 Å². The summed E-state index contributed by atoms with van der Waals surface area (Å²) in [6, 6.07) is 5.52. The highest BCUT2D eigenvalue weighted by molar-refractivity contribution is 5.95. The molecule has 31 heavy (non-hydrogen) atoms. The molecular weight excluding hydrogens is 394 g/mol. The van der Waals surface area contributed by atoms with E-state index < -0.39 is 0 Å². The van der Waals surface area contributed by atoms with Gasteiger partial charge in [0.1, 0.15) is 11.3 Å². The number of pyridine rings is 1. The van der Waals surface area contributed by atoms with Crippen LogP contribution in [-0.2, 0) is 6.54 Å². The Morgan fingerprint density at radius 3 is 2.68 bits per heavy atom. The number of carbonyl (C=O) groups excluding carboxylic acids is 1. The SMILES string of the molecule is Cc1cnc(Cn2ccc(C)c(C(=O)NCC(c3ccco3)N3CCCC3)c2=O)cn1. The molecule has 1 aliphatic rings. The predicted octanol–water partition coefficient (Wildman–Crippen LogP) is 2.46. The number of aryl methyl sites for hydroxylation is 2. The van der Waals surface area contributed by atoms with E-state index in [0.29, 0.717) is 17.8 Å².